The summed E-state index contributed by atoms with van der Waals surface area (Å²) in [5, 5.41) is 8.76. The van der Waals surface area contributed by atoms with Crippen molar-refractivity contribution < 1.29 is 9.90 Å². The van der Waals surface area contributed by atoms with Crippen molar-refractivity contribution in [2.45, 2.75) is 6.92 Å². The van der Waals surface area contributed by atoms with Crippen molar-refractivity contribution in [3.05, 3.63) is 23.1 Å². The standard InChI is InChI=1S/C7H6N2O2S/c1-4-6(7(10)11)12-5-2-8-3-9(4)5/h2-3H,1H3,(H,10,11). The van der Waals surface area contributed by atoms with E-state index < -0.39 is 5.97 Å². The van der Waals surface area contributed by atoms with E-state index in [2.05, 4.69) is 4.98 Å². The Balaban J connectivity index is 2.78. The van der Waals surface area contributed by atoms with Gasteiger partial charge in [-0.3, -0.25) is 4.40 Å². The van der Waals surface area contributed by atoms with Gasteiger partial charge in [0.1, 0.15) is 16.0 Å². The van der Waals surface area contributed by atoms with Crippen LogP contribution in [0.2, 0.25) is 0 Å². The minimum Gasteiger partial charge on any atom is -0.477 e. The van der Waals surface area contributed by atoms with Crippen molar-refractivity contribution in [1.82, 2.24) is 9.38 Å². The number of carbonyl (C=O) groups is 1. The Morgan fingerprint density at radius 1 is 1.75 bits per heavy atom. The molecular weight excluding hydrogens is 176 g/mol. The van der Waals surface area contributed by atoms with E-state index in [9.17, 15) is 4.79 Å². The maximum absolute atomic E-state index is 10.7. The maximum Gasteiger partial charge on any atom is 0.347 e. The first kappa shape index (κ1) is 7.30. The molecule has 0 aliphatic heterocycles. The number of carboxylic acid groups (broad SMARTS) is 1. The summed E-state index contributed by atoms with van der Waals surface area (Å²) in [7, 11) is 0. The monoisotopic (exact) mass is 182 g/mol. The molecule has 4 nitrogen and oxygen atoms in total. The Bertz CT molecular complexity index is 443. The molecule has 0 amide bonds. The number of aromatic nitrogens is 2. The van der Waals surface area contributed by atoms with Crippen LogP contribution in [-0.4, -0.2) is 20.5 Å². The van der Waals surface area contributed by atoms with Gasteiger partial charge in [0.2, 0.25) is 0 Å². The van der Waals surface area contributed by atoms with Gasteiger partial charge in [-0.05, 0) is 6.92 Å². The molecule has 2 aromatic heterocycles. The van der Waals surface area contributed by atoms with Gasteiger partial charge in [0, 0.05) is 5.69 Å². The summed E-state index contributed by atoms with van der Waals surface area (Å²) >= 11 is 1.24. The van der Waals surface area contributed by atoms with Crippen LogP contribution in [-0.2, 0) is 0 Å². The summed E-state index contributed by atoms with van der Waals surface area (Å²) in [4.78, 5) is 15.8. The molecule has 0 aliphatic carbocycles. The normalized spacial score (nSPS) is 10.8. The third-order valence-corrected chi connectivity index (χ3v) is 2.88. The first-order valence-electron chi connectivity index (χ1n) is 3.35. The van der Waals surface area contributed by atoms with Gasteiger partial charge in [0.05, 0.1) is 6.20 Å². The quantitative estimate of drug-likeness (QED) is 0.725. The lowest BCUT2D eigenvalue weighted by Gasteiger charge is -1.89. The summed E-state index contributed by atoms with van der Waals surface area (Å²) < 4.78 is 1.77. The van der Waals surface area contributed by atoms with Crippen LogP contribution >= 0.6 is 11.3 Å². The summed E-state index contributed by atoms with van der Waals surface area (Å²) in [6, 6.07) is 0. The molecule has 2 aromatic rings. The van der Waals surface area contributed by atoms with E-state index in [0.29, 0.717) is 4.88 Å². The highest BCUT2D eigenvalue weighted by Gasteiger charge is 2.13. The number of imidazole rings is 1. The molecule has 5 heteroatoms. The van der Waals surface area contributed by atoms with E-state index in [1.54, 1.807) is 23.8 Å². The molecule has 0 atom stereocenters. The van der Waals surface area contributed by atoms with E-state index in [-0.39, 0.29) is 0 Å². The molecule has 0 radical (unpaired) electrons. The highest BCUT2D eigenvalue weighted by molar-refractivity contribution is 7.19. The number of thiazole rings is 1. The predicted molar refractivity (Wildman–Crippen MR) is 44.8 cm³/mol. The number of rotatable bonds is 1. The van der Waals surface area contributed by atoms with Crippen LogP contribution in [0.25, 0.3) is 4.83 Å². The zero-order valence-corrected chi connectivity index (χ0v) is 7.13. The Hall–Kier alpha value is -1.36. The largest absolute Gasteiger partial charge is 0.477 e. The van der Waals surface area contributed by atoms with Crippen LogP contribution in [0.1, 0.15) is 15.4 Å². The van der Waals surface area contributed by atoms with E-state index in [4.69, 9.17) is 5.11 Å². The molecule has 62 valence electrons. The summed E-state index contributed by atoms with van der Waals surface area (Å²) in [5.74, 6) is -0.874. The zero-order chi connectivity index (χ0) is 8.72. The van der Waals surface area contributed by atoms with Crippen molar-refractivity contribution in [3.63, 3.8) is 0 Å². The van der Waals surface area contributed by atoms with Gasteiger partial charge in [-0.25, -0.2) is 9.78 Å². The summed E-state index contributed by atoms with van der Waals surface area (Å²) in [6.07, 6.45) is 3.28. The fourth-order valence-electron chi connectivity index (χ4n) is 1.10. The molecule has 0 spiro atoms. The number of aromatic carboxylic acids is 1. The lowest BCUT2D eigenvalue weighted by atomic mass is 10.4. The van der Waals surface area contributed by atoms with Crippen LogP contribution in [0.3, 0.4) is 0 Å². The molecule has 1 N–H and O–H groups in total. The van der Waals surface area contributed by atoms with Gasteiger partial charge in [0.15, 0.2) is 0 Å². The van der Waals surface area contributed by atoms with E-state index >= 15 is 0 Å². The lowest BCUT2D eigenvalue weighted by molar-refractivity contribution is 0.0701. The molecule has 2 heterocycles. The number of fused-ring (bicyclic) bond motifs is 1. The van der Waals surface area contributed by atoms with Gasteiger partial charge in [-0.15, -0.1) is 11.3 Å². The fourth-order valence-corrected chi connectivity index (χ4v) is 2.04. The molecule has 2 rings (SSSR count). The number of carboxylic acids is 1. The van der Waals surface area contributed by atoms with Crippen molar-refractivity contribution in [3.8, 4) is 0 Å². The van der Waals surface area contributed by atoms with Crippen molar-refractivity contribution >= 4 is 22.1 Å². The van der Waals surface area contributed by atoms with Crippen LogP contribution in [0.4, 0.5) is 0 Å². The second-order valence-corrected chi connectivity index (χ2v) is 3.45. The molecule has 0 bridgehead atoms. The number of nitrogens with zero attached hydrogens (tertiary/aromatic N) is 2. The smallest absolute Gasteiger partial charge is 0.347 e. The highest BCUT2D eigenvalue weighted by Crippen LogP contribution is 2.21. The first-order valence-corrected chi connectivity index (χ1v) is 4.16. The maximum atomic E-state index is 10.7. The Kier molecular flexibility index (Phi) is 1.41. The predicted octanol–water partition coefficient (Wildman–Crippen LogP) is 1.40. The van der Waals surface area contributed by atoms with Crippen LogP contribution in [0.15, 0.2) is 12.5 Å². The molecular formula is C7H6N2O2S. The molecule has 0 unspecified atom stereocenters. The summed E-state index contributed by atoms with van der Waals surface area (Å²) in [6.45, 7) is 1.77. The highest BCUT2D eigenvalue weighted by atomic mass is 32.1. The van der Waals surface area contributed by atoms with Gasteiger partial charge >= 0.3 is 5.97 Å². The van der Waals surface area contributed by atoms with Crippen molar-refractivity contribution in [2.75, 3.05) is 0 Å². The minimum atomic E-state index is -0.874. The molecule has 0 fully saturated rings. The number of hydrogen-bond acceptors (Lipinski definition) is 3. The molecule has 0 saturated heterocycles. The van der Waals surface area contributed by atoms with Crippen molar-refractivity contribution in [2.24, 2.45) is 0 Å². The zero-order valence-electron chi connectivity index (χ0n) is 6.31. The van der Waals surface area contributed by atoms with Crippen molar-refractivity contribution in [1.29, 1.82) is 0 Å². The third kappa shape index (κ3) is 0.831. The molecule has 0 aliphatic rings. The summed E-state index contributed by atoms with van der Waals surface area (Å²) in [5.41, 5.74) is 0.736. The molecule has 0 saturated carbocycles. The average Bonchev–Trinajstić information content (AvgIpc) is 2.53. The van der Waals surface area contributed by atoms with E-state index in [1.807, 2.05) is 0 Å². The van der Waals surface area contributed by atoms with E-state index in [0.717, 1.165) is 10.5 Å². The lowest BCUT2D eigenvalue weighted by Crippen LogP contribution is -1.96. The average molecular weight is 182 g/mol. The molecule has 0 aromatic carbocycles. The topological polar surface area (TPSA) is 54.6 Å². The van der Waals surface area contributed by atoms with Crippen LogP contribution in [0, 0.1) is 6.92 Å². The van der Waals surface area contributed by atoms with Crippen LogP contribution < -0.4 is 0 Å². The van der Waals surface area contributed by atoms with E-state index in [1.165, 1.54) is 11.3 Å². The third-order valence-electron chi connectivity index (χ3n) is 1.70. The number of hydrogen-bond donors (Lipinski definition) is 1. The first-order chi connectivity index (χ1) is 5.70. The SMILES string of the molecule is Cc1c(C(=O)O)sc2cncn12. The number of aryl methyl sites for hydroxylation is 1. The Labute approximate surface area is 72.1 Å². The molecule has 12 heavy (non-hydrogen) atoms. The second-order valence-electron chi connectivity index (χ2n) is 2.42. The van der Waals surface area contributed by atoms with Gasteiger partial charge in [-0.1, -0.05) is 0 Å². The fraction of sp³-hybridized carbons (Fsp3) is 0.143. The Morgan fingerprint density at radius 2 is 2.50 bits per heavy atom. The second kappa shape index (κ2) is 2.31. The minimum absolute atomic E-state index is 0.382. The van der Waals surface area contributed by atoms with Gasteiger partial charge in [-0.2, -0.15) is 0 Å². The van der Waals surface area contributed by atoms with Gasteiger partial charge in [0.25, 0.3) is 0 Å². The van der Waals surface area contributed by atoms with Gasteiger partial charge < -0.3 is 5.11 Å². The van der Waals surface area contributed by atoms with Crippen LogP contribution in [0.5, 0.6) is 0 Å². The Morgan fingerprint density at radius 3 is 3.08 bits per heavy atom.